The Morgan fingerprint density at radius 1 is 0.394 bits per heavy atom. The molecule has 0 spiro atoms. The van der Waals surface area contributed by atoms with Crippen LogP contribution in [0.3, 0.4) is 0 Å². The predicted octanol–water partition coefficient (Wildman–Crippen LogP) is -2.25. The van der Waals surface area contributed by atoms with E-state index in [0.29, 0.717) is 0 Å². The van der Waals surface area contributed by atoms with Gasteiger partial charge in [0.2, 0.25) is 0 Å². The van der Waals surface area contributed by atoms with Crippen molar-refractivity contribution < 1.29 is 90.1 Å². The van der Waals surface area contributed by atoms with E-state index in [1.807, 2.05) is 0 Å². The summed E-state index contributed by atoms with van der Waals surface area (Å²) in [5.74, 6) is 0. The predicted molar refractivity (Wildman–Crippen MR) is 114 cm³/mol. The summed E-state index contributed by atoms with van der Waals surface area (Å²) in [6, 6.07) is 0. The quantitative estimate of drug-likeness (QED) is 0.131. The summed E-state index contributed by atoms with van der Waals surface area (Å²) in [6.07, 6.45) is -2.59. The van der Waals surface area contributed by atoms with Gasteiger partial charge in [-0.3, -0.25) is 37.9 Å². The molecule has 192 valence electrons. The van der Waals surface area contributed by atoms with E-state index < -0.39 is 55.5 Å². The molecule has 1 aliphatic heterocycles. The van der Waals surface area contributed by atoms with Crippen molar-refractivity contribution in [1.29, 1.82) is 0 Å². The molecule has 0 aromatic rings. The molecule has 1 saturated heterocycles. The minimum Gasteiger partial charge on any atom is -0.324 e. The molecule has 0 atom stereocenters. The average Bonchev–Trinajstić information content (AvgIpc) is 2.52. The van der Waals surface area contributed by atoms with Gasteiger partial charge in [-0.15, -0.1) is 0 Å². The van der Waals surface area contributed by atoms with Crippen LogP contribution in [0.4, 0.5) is 0 Å². The molecule has 16 nitrogen and oxygen atoms in total. The second-order valence-electron chi connectivity index (χ2n) is 7.70. The van der Waals surface area contributed by atoms with E-state index in [2.05, 4.69) is 0 Å². The summed E-state index contributed by atoms with van der Waals surface area (Å²) in [5.41, 5.74) is 0. The molecular weight excluding hydrogens is 605 g/mol. The molecule has 0 radical (unpaired) electrons. The van der Waals surface area contributed by atoms with Crippen molar-refractivity contribution in [2.24, 2.45) is 0 Å². The maximum atomic E-state index is 11.5. The van der Waals surface area contributed by atoms with E-state index in [1.54, 1.807) is 0 Å². The molecule has 33 heavy (non-hydrogen) atoms. The van der Waals surface area contributed by atoms with Gasteiger partial charge < -0.3 is 39.1 Å². The van der Waals surface area contributed by atoms with Gasteiger partial charge in [-0.05, 0) is 0 Å². The summed E-state index contributed by atoms with van der Waals surface area (Å²) in [5, 5.41) is 0. The molecule has 1 heterocycles. The first-order valence-electron chi connectivity index (χ1n) is 9.39. The summed E-state index contributed by atoms with van der Waals surface area (Å²) >= 11 is 0. The van der Waals surface area contributed by atoms with Crippen molar-refractivity contribution in [1.82, 2.24) is 19.6 Å². The van der Waals surface area contributed by atoms with E-state index in [0.717, 1.165) is 0 Å². The molecule has 0 aliphatic carbocycles. The minimum absolute atomic E-state index is 0. The summed E-state index contributed by atoms with van der Waals surface area (Å²) in [6.45, 7) is -0.0527. The molecule has 1 aliphatic rings. The molecule has 0 unspecified atom stereocenters. The molecule has 1 rings (SSSR count). The Balaban J connectivity index is 0.0000102. The van der Waals surface area contributed by atoms with Gasteiger partial charge in [0, 0.05) is 52.4 Å². The third-order valence-corrected chi connectivity index (χ3v) is 7.54. The van der Waals surface area contributed by atoms with Crippen molar-refractivity contribution in [3.63, 3.8) is 0 Å². The molecule has 0 saturated carbocycles. The van der Waals surface area contributed by atoms with Gasteiger partial charge in [0.05, 0.1) is 0 Å². The van der Waals surface area contributed by atoms with Crippen LogP contribution in [0.5, 0.6) is 0 Å². The second kappa shape index (κ2) is 14.5. The van der Waals surface area contributed by atoms with Gasteiger partial charge in [-0.2, -0.15) is 0 Å². The zero-order valence-electron chi connectivity index (χ0n) is 17.9. The largest absolute Gasteiger partial charge is 3.00 e. The Hall–Kier alpha value is 1.54. The summed E-state index contributed by atoms with van der Waals surface area (Å²) in [7, 11) is -17.9. The summed E-state index contributed by atoms with van der Waals surface area (Å²) < 4.78 is 45.9. The van der Waals surface area contributed by atoms with Crippen LogP contribution in [0.15, 0.2) is 0 Å². The summed E-state index contributed by atoms with van der Waals surface area (Å²) in [4.78, 5) is 79.9. The molecule has 0 aromatic heterocycles. The van der Waals surface area contributed by atoms with Crippen molar-refractivity contribution >= 4 is 30.4 Å². The first-order chi connectivity index (χ1) is 14.3. The zero-order chi connectivity index (χ0) is 24.8. The molecule has 0 amide bonds. The van der Waals surface area contributed by atoms with Crippen LogP contribution in [-0.4, -0.2) is 136 Å². The Morgan fingerprint density at radius 2 is 0.515 bits per heavy atom. The number of rotatable bonds is 8. The van der Waals surface area contributed by atoms with E-state index in [4.69, 9.17) is 0 Å². The number of hydrogen-bond donors (Lipinski definition) is 8. The van der Waals surface area contributed by atoms with Gasteiger partial charge in [0.15, 0.2) is 0 Å². The van der Waals surface area contributed by atoms with Crippen LogP contribution >= 0.6 is 30.4 Å². The van der Waals surface area contributed by atoms with E-state index >= 15 is 0 Å². The van der Waals surface area contributed by atoms with Crippen molar-refractivity contribution in [2.45, 2.75) is 0 Å². The van der Waals surface area contributed by atoms with Crippen LogP contribution in [0.25, 0.3) is 0 Å². The van der Waals surface area contributed by atoms with Crippen LogP contribution < -0.4 is 0 Å². The van der Waals surface area contributed by atoms with Gasteiger partial charge in [0.25, 0.3) is 0 Å². The average molecular weight is 637 g/mol. The number of nitrogens with zero attached hydrogens (tertiary/aromatic N) is 4. The second-order valence-corrected chi connectivity index (χ2v) is 14.1. The van der Waals surface area contributed by atoms with Crippen molar-refractivity contribution in [2.75, 3.05) is 77.5 Å². The Kier molecular flexibility index (Phi) is 15.2. The van der Waals surface area contributed by atoms with Crippen molar-refractivity contribution in [3.05, 3.63) is 0 Å². The Bertz CT molecular complexity index is 640. The molecular formula is C12H32N4O12P4Y+3. The molecule has 0 aromatic carbocycles. The fourth-order valence-electron chi connectivity index (χ4n) is 3.19. The molecule has 1 fully saturated rings. The number of hydrogen-bond acceptors (Lipinski definition) is 8. The van der Waals surface area contributed by atoms with E-state index in [1.165, 1.54) is 19.6 Å². The Morgan fingerprint density at radius 3 is 0.606 bits per heavy atom. The maximum absolute atomic E-state index is 11.5. The first kappa shape index (κ1) is 34.5. The smallest absolute Gasteiger partial charge is 0.324 e. The minimum atomic E-state index is -4.48. The Labute approximate surface area is 216 Å². The molecule has 0 bridgehead atoms. The van der Waals surface area contributed by atoms with Crippen LogP contribution in [0.1, 0.15) is 0 Å². The molecule has 8 N–H and O–H groups in total. The van der Waals surface area contributed by atoms with Crippen LogP contribution in [0, 0.1) is 0 Å². The van der Waals surface area contributed by atoms with Crippen LogP contribution in [0.2, 0.25) is 0 Å². The van der Waals surface area contributed by atoms with Gasteiger partial charge >= 0.3 is 63.1 Å². The van der Waals surface area contributed by atoms with Crippen molar-refractivity contribution in [3.8, 4) is 0 Å². The third-order valence-electron chi connectivity index (χ3n) is 4.47. The van der Waals surface area contributed by atoms with Crippen LogP contribution in [-0.2, 0) is 51.0 Å². The van der Waals surface area contributed by atoms with Gasteiger partial charge in [-0.25, -0.2) is 0 Å². The third kappa shape index (κ3) is 19.3. The van der Waals surface area contributed by atoms with E-state index in [-0.39, 0.29) is 85.1 Å². The van der Waals surface area contributed by atoms with Gasteiger partial charge in [-0.1, -0.05) is 0 Å². The first-order valence-corrected chi connectivity index (χ1v) is 16.6. The SMILES string of the molecule is O=P(O)(O)CN1CCN(CP(=O)(O)O)CCN(CP(=O)(O)O)CCN(CP(=O)(O)O)CC1.[Y+3]. The maximum Gasteiger partial charge on any atom is 3.00 e. The monoisotopic (exact) mass is 637 g/mol. The standard InChI is InChI=1S/C12H32N4O12P4.Y/c17-29(18,19)9-13-1-2-14(10-30(20,21)22)5-6-16(12-32(26,27)28)8-7-15(4-3-13)11-31(23,24)25;/h1-12H2,(H2,17,18,19)(H2,20,21,22)(H2,23,24,25)(H2,26,27,28);/q;+3. The zero-order valence-corrected chi connectivity index (χ0v) is 24.3. The van der Waals surface area contributed by atoms with Gasteiger partial charge in [0.1, 0.15) is 25.1 Å². The normalized spacial score (nSPS) is 20.6. The molecule has 21 heteroatoms. The topological polar surface area (TPSA) is 243 Å². The fourth-order valence-corrected chi connectivity index (χ4v) is 6.40. The fraction of sp³-hybridized carbons (Fsp3) is 1.00. The van der Waals surface area contributed by atoms with E-state index in [9.17, 15) is 57.4 Å².